The summed E-state index contributed by atoms with van der Waals surface area (Å²) in [7, 11) is 2.67. The summed E-state index contributed by atoms with van der Waals surface area (Å²) >= 11 is 0. The third-order valence-electron chi connectivity index (χ3n) is 6.02. The van der Waals surface area contributed by atoms with Crippen LogP contribution >= 0.6 is 0 Å². The number of halogens is 6. The lowest BCUT2D eigenvalue weighted by Gasteiger charge is -2.32. The summed E-state index contributed by atoms with van der Waals surface area (Å²) in [5.74, 6) is 0.440. The molecule has 1 N–H and O–H groups in total. The Hall–Kier alpha value is -4.06. The number of rotatable bonds is 6. The number of nitrogens with zero attached hydrogens (tertiary/aromatic N) is 2. The van der Waals surface area contributed by atoms with Crippen LogP contribution in [0.25, 0.3) is 16.6 Å². The van der Waals surface area contributed by atoms with Crippen LogP contribution in [0.15, 0.2) is 71.5 Å². The molecule has 0 saturated carbocycles. The maximum Gasteiger partial charge on any atom is 0.430 e. The van der Waals surface area contributed by atoms with Crippen LogP contribution in [0, 0.1) is 0 Å². The lowest BCUT2D eigenvalue weighted by molar-refractivity contribution is -0.376. The van der Waals surface area contributed by atoms with E-state index < -0.39 is 29.1 Å². The lowest BCUT2D eigenvalue weighted by atomic mass is 9.92. The van der Waals surface area contributed by atoms with Gasteiger partial charge in [-0.25, -0.2) is 4.98 Å². The average molecular weight is 538 g/mol. The first-order valence-corrected chi connectivity index (χ1v) is 11.0. The first-order chi connectivity index (χ1) is 17.8. The summed E-state index contributed by atoms with van der Waals surface area (Å²) < 4.78 is 91.8. The Bertz CT molecular complexity index is 1500. The smallest absolute Gasteiger partial charge is 0.430 e. The Labute approximate surface area is 211 Å². The number of hydrogen-bond acceptors (Lipinski definition) is 5. The minimum atomic E-state index is -6.05. The van der Waals surface area contributed by atoms with Crippen LogP contribution in [0.1, 0.15) is 17.0 Å². The largest absolute Gasteiger partial charge is 0.493 e. The number of hydrogen-bond donors (Lipinski definition) is 1. The summed E-state index contributed by atoms with van der Waals surface area (Å²) in [5.41, 5.74) is -6.33. The standard InChI is InChI=1S/C26H20F6N2O4/c1-37-19-13-12-18-21(22(19)38-2)23(35)34(20(33-18)14-15-6-4-3-5-7-15)17-10-8-16(9-11-17)24(36,25(27,28)29)26(30,31)32/h3-13,36H,14H2,1-2H3. The molecule has 4 rings (SSSR count). The second-order valence-electron chi connectivity index (χ2n) is 8.28. The predicted molar refractivity (Wildman–Crippen MR) is 126 cm³/mol. The highest BCUT2D eigenvalue weighted by Crippen LogP contribution is 2.50. The van der Waals surface area contributed by atoms with Crippen LogP contribution in [0.5, 0.6) is 11.5 Å². The molecule has 1 heterocycles. The van der Waals surface area contributed by atoms with E-state index >= 15 is 0 Å². The molecule has 6 nitrogen and oxygen atoms in total. The highest BCUT2D eigenvalue weighted by molar-refractivity contribution is 5.87. The van der Waals surface area contributed by atoms with Crippen molar-refractivity contribution in [1.82, 2.24) is 9.55 Å². The van der Waals surface area contributed by atoms with Crippen LogP contribution in [0.4, 0.5) is 26.3 Å². The molecule has 0 radical (unpaired) electrons. The van der Waals surface area contributed by atoms with Crippen molar-refractivity contribution in [3.8, 4) is 17.2 Å². The normalized spacial score (nSPS) is 12.6. The second kappa shape index (κ2) is 9.67. The molecule has 0 bridgehead atoms. The molecule has 12 heteroatoms. The third kappa shape index (κ3) is 4.44. The van der Waals surface area contributed by atoms with E-state index in [2.05, 4.69) is 4.98 Å². The van der Waals surface area contributed by atoms with E-state index in [0.29, 0.717) is 12.1 Å². The molecular formula is C26H20F6N2O4. The molecule has 0 fully saturated rings. The zero-order valence-corrected chi connectivity index (χ0v) is 19.9. The van der Waals surface area contributed by atoms with Gasteiger partial charge in [-0.15, -0.1) is 0 Å². The topological polar surface area (TPSA) is 73.6 Å². The van der Waals surface area contributed by atoms with E-state index in [4.69, 9.17) is 9.47 Å². The Morgan fingerprint density at radius 2 is 1.45 bits per heavy atom. The van der Waals surface area contributed by atoms with Gasteiger partial charge in [0, 0.05) is 12.0 Å². The molecule has 0 aliphatic carbocycles. The van der Waals surface area contributed by atoms with Crippen LogP contribution < -0.4 is 15.0 Å². The fraction of sp³-hybridized carbons (Fsp3) is 0.231. The molecule has 0 atom stereocenters. The first kappa shape index (κ1) is 27.0. The highest BCUT2D eigenvalue weighted by atomic mass is 19.4. The van der Waals surface area contributed by atoms with Gasteiger partial charge in [-0.2, -0.15) is 26.3 Å². The molecule has 200 valence electrons. The third-order valence-corrected chi connectivity index (χ3v) is 6.02. The Morgan fingerprint density at radius 3 is 1.97 bits per heavy atom. The van der Waals surface area contributed by atoms with Crippen molar-refractivity contribution in [3.05, 3.63) is 94.0 Å². The molecule has 0 amide bonds. The molecular weight excluding hydrogens is 518 g/mol. The van der Waals surface area contributed by atoms with Gasteiger partial charge in [-0.05, 0) is 29.8 Å². The number of benzene rings is 3. The Morgan fingerprint density at radius 1 is 0.842 bits per heavy atom. The molecule has 0 aliphatic rings. The van der Waals surface area contributed by atoms with Crippen molar-refractivity contribution in [2.24, 2.45) is 0 Å². The van der Waals surface area contributed by atoms with Crippen molar-refractivity contribution < 1.29 is 40.9 Å². The van der Waals surface area contributed by atoms with Crippen molar-refractivity contribution in [3.63, 3.8) is 0 Å². The van der Waals surface area contributed by atoms with Gasteiger partial charge in [0.25, 0.3) is 11.2 Å². The summed E-state index contributed by atoms with van der Waals surface area (Å²) in [6.07, 6.45) is -12.0. The Kier molecular flexibility index (Phi) is 6.87. The van der Waals surface area contributed by atoms with Gasteiger partial charge in [-0.1, -0.05) is 42.5 Å². The van der Waals surface area contributed by atoms with Crippen molar-refractivity contribution in [2.75, 3.05) is 14.2 Å². The maximum absolute atomic E-state index is 13.8. The molecule has 0 aliphatic heterocycles. The lowest BCUT2D eigenvalue weighted by Crippen LogP contribution is -2.53. The minimum Gasteiger partial charge on any atom is -0.493 e. The summed E-state index contributed by atoms with van der Waals surface area (Å²) in [6, 6.07) is 14.6. The monoisotopic (exact) mass is 538 g/mol. The minimum absolute atomic E-state index is 0.00479. The van der Waals surface area contributed by atoms with Crippen LogP contribution in [0.2, 0.25) is 0 Å². The summed E-state index contributed by atoms with van der Waals surface area (Å²) in [4.78, 5) is 18.3. The number of fused-ring (bicyclic) bond motifs is 1. The second-order valence-corrected chi connectivity index (χ2v) is 8.28. The molecule has 0 unspecified atom stereocenters. The number of aromatic nitrogens is 2. The van der Waals surface area contributed by atoms with Crippen molar-refractivity contribution >= 4 is 10.9 Å². The molecule has 1 aromatic heterocycles. The van der Waals surface area contributed by atoms with Gasteiger partial charge in [0.15, 0.2) is 11.5 Å². The van der Waals surface area contributed by atoms with E-state index in [9.17, 15) is 36.2 Å². The van der Waals surface area contributed by atoms with E-state index in [-0.39, 0.29) is 40.3 Å². The van der Waals surface area contributed by atoms with Gasteiger partial charge in [0.1, 0.15) is 11.2 Å². The van der Waals surface area contributed by atoms with Gasteiger partial charge in [0.05, 0.1) is 25.4 Å². The molecule has 3 aromatic carbocycles. The first-order valence-electron chi connectivity index (χ1n) is 11.0. The molecule has 0 saturated heterocycles. The highest BCUT2D eigenvalue weighted by Gasteiger charge is 2.71. The van der Waals surface area contributed by atoms with Crippen LogP contribution in [0.3, 0.4) is 0 Å². The van der Waals surface area contributed by atoms with E-state index in [1.165, 1.54) is 20.3 Å². The van der Waals surface area contributed by atoms with Crippen molar-refractivity contribution in [1.29, 1.82) is 0 Å². The zero-order chi connectivity index (χ0) is 27.9. The summed E-state index contributed by atoms with van der Waals surface area (Å²) in [5, 5.41) is 9.72. The van der Waals surface area contributed by atoms with E-state index in [0.717, 1.165) is 22.3 Å². The van der Waals surface area contributed by atoms with Gasteiger partial charge < -0.3 is 14.6 Å². The molecule has 38 heavy (non-hydrogen) atoms. The zero-order valence-electron chi connectivity index (χ0n) is 19.9. The SMILES string of the molecule is COc1ccc2nc(Cc3ccccc3)n(-c3ccc(C(O)(C(F)(F)F)C(F)(F)F)cc3)c(=O)c2c1OC. The summed E-state index contributed by atoms with van der Waals surface area (Å²) in [6.45, 7) is 0. The Balaban J connectivity index is 1.98. The van der Waals surface area contributed by atoms with Crippen LogP contribution in [-0.4, -0.2) is 41.2 Å². The number of ether oxygens (including phenoxy) is 2. The van der Waals surface area contributed by atoms with Crippen LogP contribution in [-0.2, 0) is 12.0 Å². The quantitative estimate of drug-likeness (QED) is 0.337. The number of alkyl halides is 6. The number of methoxy groups -OCH3 is 2. The van der Waals surface area contributed by atoms with E-state index in [1.807, 2.05) is 0 Å². The van der Waals surface area contributed by atoms with E-state index in [1.54, 1.807) is 36.4 Å². The van der Waals surface area contributed by atoms with Gasteiger partial charge in [0.2, 0.25) is 0 Å². The molecule has 4 aromatic rings. The predicted octanol–water partition coefficient (Wildman–Crippen LogP) is 5.31. The fourth-order valence-corrected chi connectivity index (χ4v) is 4.14. The number of aliphatic hydroxyl groups is 1. The van der Waals surface area contributed by atoms with Crippen molar-refractivity contribution in [2.45, 2.75) is 24.4 Å². The average Bonchev–Trinajstić information content (AvgIpc) is 2.87. The maximum atomic E-state index is 13.8. The fourth-order valence-electron chi connectivity index (χ4n) is 4.14. The van der Waals surface area contributed by atoms with Gasteiger partial charge >= 0.3 is 12.4 Å². The van der Waals surface area contributed by atoms with Gasteiger partial charge in [-0.3, -0.25) is 9.36 Å². The molecule has 0 spiro atoms.